The molecular weight excluding hydrogens is 318 g/mol. The number of hydrogen-bond acceptors (Lipinski definition) is 5. The lowest BCUT2D eigenvalue weighted by molar-refractivity contribution is -0.125. The molecule has 1 N–H and O–H groups in total. The summed E-state index contributed by atoms with van der Waals surface area (Å²) in [6, 6.07) is 0.429. The SMILES string of the molecule is CCn1cc(CN2CC[C@H](CNC(=O)COC)[C@H](N(C)C)C2)c(C)n1. The lowest BCUT2D eigenvalue weighted by atomic mass is 9.90. The number of amides is 1. The van der Waals surface area contributed by atoms with Crippen molar-refractivity contribution in [3.63, 3.8) is 0 Å². The van der Waals surface area contributed by atoms with Gasteiger partial charge in [0.05, 0.1) is 5.69 Å². The van der Waals surface area contributed by atoms with E-state index >= 15 is 0 Å². The molecule has 2 heterocycles. The summed E-state index contributed by atoms with van der Waals surface area (Å²) < 4.78 is 6.89. The minimum absolute atomic E-state index is 0.0370. The zero-order chi connectivity index (χ0) is 18.4. The van der Waals surface area contributed by atoms with Crippen molar-refractivity contribution >= 4 is 5.91 Å². The molecule has 25 heavy (non-hydrogen) atoms. The number of likely N-dealkylation sites (N-methyl/N-ethyl adjacent to an activating group) is 1. The van der Waals surface area contributed by atoms with Gasteiger partial charge in [0.1, 0.15) is 6.61 Å². The molecule has 0 spiro atoms. The molecule has 0 aromatic carbocycles. The highest BCUT2D eigenvalue weighted by Crippen LogP contribution is 2.22. The second kappa shape index (κ2) is 9.31. The number of ether oxygens (including phenoxy) is 1. The van der Waals surface area contributed by atoms with Crippen LogP contribution in [-0.2, 0) is 22.6 Å². The van der Waals surface area contributed by atoms with Gasteiger partial charge in [-0.3, -0.25) is 14.4 Å². The Bertz CT molecular complexity index is 558. The van der Waals surface area contributed by atoms with Crippen LogP contribution in [0.5, 0.6) is 0 Å². The summed E-state index contributed by atoms with van der Waals surface area (Å²) in [6.45, 7) is 8.95. The first kappa shape index (κ1) is 19.9. The minimum Gasteiger partial charge on any atom is -0.375 e. The Labute approximate surface area is 151 Å². The van der Waals surface area contributed by atoms with E-state index in [-0.39, 0.29) is 12.5 Å². The molecule has 7 heteroatoms. The van der Waals surface area contributed by atoms with Crippen LogP contribution >= 0.6 is 0 Å². The van der Waals surface area contributed by atoms with Gasteiger partial charge in [-0.1, -0.05) is 0 Å². The summed E-state index contributed by atoms with van der Waals surface area (Å²) in [5.41, 5.74) is 2.43. The number of carbonyl (C=O) groups excluding carboxylic acids is 1. The van der Waals surface area contributed by atoms with Gasteiger partial charge in [-0.15, -0.1) is 0 Å². The monoisotopic (exact) mass is 351 g/mol. The number of piperidine rings is 1. The Morgan fingerprint density at radius 1 is 1.48 bits per heavy atom. The third-order valence-corrected chi connectivity index (χ3v) is 5.07. The van der Waals surface area contributed by atoms with Gasteiger partial charge in [-0.25, -0.2) is 0 Å². The van der Waals surface area contributed by atoms with Crippen molar-refractivity contribution < 1.29 is 9.53 Å². The van der Waals surface area contributed by atoms with E-state index in [0.717, 1.165) is 38.3 Å². The average molecular weight is 351 g/mol. The van der Waals surface area contributed by atoms with Crippen molar-refractivity contribution in [1.29, 1.82) is 0 Å². The van der Waals surface area contributed by atoms with E-state index in [9.17, 15) is 4.79 Å². The Morgan fingerprint density at radius 2 is 2.24 bits per heavy atom. The smallest absolute Gasteiger partial charge is 0.245 e. The van der Waals surface area contributed by atoms with Crippen LogP contribution in [-0.4, -0.2) is 79.0 Å². The largest absolute Gasteiger partial charge is 0.375 e. The van der Waals surface area contributed by atoms with Crippen molar-refractivity contribution in [2.45, 2.75) is 39.4 Å². The number of likely N-dealkylation sites (tertiary alicyclic amines) is 1. The first-order chi connectivity index (χ1) is 11.9. The number of carbonyl (C=O) groups is 1. The molecule has 7 nitrogen and oxygen atoms in total. The molecule has 1 aliphatic rings. The lowest BCUT2D eigenvalue weighted by Gasteiger charge is -2.41. The summed E-state index contributed by atoms with van der Waals surface area (Å²) >= 11 is 0. The fraction of sp³-hybridized carbons (Fsp3) is 0.778. The van der Waals surface area contributed by atoms with Gasteiger partial charge in [0, 0.05) is 51.1 Å². The molecule has 1 saturated heterocycles. The van der Waals surface area contributed by atoms with E-state index < -0.39 is 0 Å². The van der Waals surface area contributed by atoms with Crippen LogP contribution in [0.3, 0.4) is 0 Å². The van der Waals surface area contributed by atoms with Crippen LogP contribution in [0.25, 0.3) is 0 Å². The highest BCUT2D eigenvalue weighted by atomic mass is 16.5. The molecular formula is C18H33N5O2. The number of aryl methyl sites for hydroxylation is 2. The number of aromatic nitrogens is 2. The molecule has 142 valence electrons. The van der Waals surface area contributed by atoms with Gasteiger partial charge >= 0.3 is 0 Å². The van der Waals surface area contributed by atoms with Gasteiger partial charge in [0.15, 0.2) is 0 Å². The van der Waals surface area contributed by atoms with Crippen LogP contribution in [0.15, 0.2) is 6.20 Å². The fourth-order valence-electron chi connectivity index (χ4n) is 3.56. The molecule has 1 aliphatic heterocycles. The standard InChI is InChI=1S/C18H33N5O2/c1-6-23-11-16(14(2)20-23)10-22-8-7-15(17(12-22)21(3)4)9-19-18(24)13-25-5/h11,15,17H,6-10,12-13H2,1-5H3,(H,19,24)/t15-,17-/m1/s1. The third-order valence-electron chi connectivity index (χ3n) is 5.07. The van der Waals surface area contributed by atoms with E-state index in [2.05, 4.69) is 54.4 Å². The minimum atomic E-state index is -0.0370. The first-order valence-electron chi connectivity index (χ1n) is 9.11. The summed E-state index contributed by atoms with van der Waals surface area (Å²) in [4.78, 5) is 16.4. The van der Waals surface area contributed by atoms with E-state index in [1.54, 1.807) is 7.11 Å². The van der Waals surface area contributed by atoms with Crippen LogP contribution in [0.4, 0.5) is 0 Å². The van der Waals surface area contributed by atoms with Crippen LogP contribution in [0.2, 0.25) is 0 Å². The number of nitrogens with zero attached hydrogens (tertiary/aromatic N) is 4. The molecule has 0 bridgehead atoms. The van der Waals surface area contributed by atoms with Crippen molar-refractivity contribution in [3.05, 3.63) is 17.5 Å². The Kier molecular flexibility index (Phi) is 7.40. The third kappa shape index (κ3) is 5.52. The molecule has 2 rings (SSSR count). The summed E-state index contributed by atoms with van der Waals surface area (Å²) in [5, 5.41) is 7.55. The van der Waals surface area contributed by atoms with Crippen molar-refractivity contribution in [2.24, 2.45) is 5.92 Å². The van der Waals surface area contributed by atoms with E-state index in [0.29, 0.717) is 18.5 Å². The van der Waals surface area contributed by atoms with Gasteiger partial charge in [-0.05, 0) is 46.8 Å². The summed E-state index contributed by atoms with van der Waals surface area (Å²) in [6.07, 6.45) is 3.24. The van der Waals surface area contributed by atoms with E-state index in [1.807, 2.05) is 4.68 Å². The Morgan fingerprint density at radius 3 is 2.84 bits per heavy atom. The predicted molar refractivity (Wildman–Crippen MR) is 98.4 cm³/mol. The maximum absolute atomic E-state index is 11.7. The maximum atomic E-state index is 11.7. The topological polar surface area (TPSA) is 62.6 Å². The molecule has 1 fully saturated rings. The molecule has 1 aromatic heterocycles. The Hall–Kier alpha value is -1.44. The summed E-state index contributed by atoms with van der Waals surface area (Å²) in [5.74, 6) is 0.427. The molecule has 1 amide bonds. The van der Waals surface area contributed by atoms with Crippen molar-refractivity contribution in [3.8, 4) is 0 Å². The molecule has 2 atom stereocenters. The van der Waals surface area contributed by atoms with Crippen LogP contribution < -0.4 is 5.32 Å². The highest BCUT2D eigenvalue weighted by Gasteiger charge is 2.31. The predicted octanol–water partition coefficient (Wildman–Crippen LogP) is 0.726. The number of rotatable bonds is 8. The number of hydrogen-bond donors (Lipinski definition) is 1. The van der Waals surface area contributed by atoms with Crippen molar-refractivity contribution in [1.82, 2.24) is 24.9 Å². The van der Waals surface area contributed by atoms with Gasteiger partial charge in [0.2, 0.25) is 5.91 Å². The fourth-order valence-corrected chi connectivity index (χ4v) is 3.56. The van der Waals surface area contributed by atoms with Gasteiger partial charge in [-0.2, -0.15) is 5.10 Å². The number of methoxy groups -OCH3 is 1. The quantitative estimate of drug-likeness (QED) is 0.748. The van der Waals surface area contributed by atoms with E-state index in [4.69, 9.17) is 4.74 Å². The molecule has 0 radical (unpaired) electrons. The van der Waals surface area contributed by atoms with Gasteiger partial charge in [0.25, 0.3) is 0 Å². The second-order valence-corrected chi connectivity index (χ2v) is 7.15. The van der Waals surface area contributed by atoms with E-state index in [1.165, 1.54) is 5.56 Å². The van der Waals surface area contributed by atoms with Crippen molar-refractivity contribution in [2.75, 3.05) is 47.4 Å². The second-order valence-electron chi connectivity index (χ2n) is 7.15. The molecule has 1 aromatic rings. The maximum Gasteiger partial charge on any atom is 0.245 e. The normalized spacial score (nSPS) is 21.7. The summed E-state index contributed by atoms with van der Waals surface area (Å²) in [7, 11) is 5.79. The molecule has 0 unspecified atom stereocenters. The van der Waals surface area contributed by atoms with Crippen LogP contribution in [0.1, 0.15) is 24.6 Å². The molecule has 0 aliphatic carbocycles. The van der Waals surface area contributed by atoms with Crippen LogP contribution in [0, 0.1) is 12.8 Å². The number of nitrogens with one attached hydrogen (secondary N) is 1. The average Bonchev–Trinajstić information content (AvgIpc) is 2.93. The molecule has 0 saturated carbocycles. The zero-order valence-corrected chi connectivity index (χ0v) is 16.3. The first-order valence-corrected chi connectivity index (χ1v) is 9.11. The van der Waals surface area contributed by atoms with Gasteiger partial charge < -0.3 is 15.0 Å². The Balaban J connectivity index is 1.93. The zero-order valence-electron chi connectivity index (χ0n) is 16.3. The highest BCUT2D eigenvalue weighted by molar-refractivity contribution is 5.77. The lowest BCUT2D eigenvalue weighted by Crippen LogP contribution is -2.53.